The van der Waals surface area contributed by atoms with E-state index in [2.05, 4.69) is 15.3 Å². The van der Waals surface area contributed by atoms with Gasteiger partial charge >= 0.3 is 0 Å². The Balaban J connectivity index is 1.86. The lowest BCUT2D eigenvalue weighted by atomic mass is 10.3. The Bertz CT molecular complexity index is 654. The van der Waals surface area contributed by atoms with Crippen molar-refractivity contribution in [2.24, 2.45) is 0 Å². The number of halogens is 1. The van der Waals surface area contributed by atoms with Crippen molar-refractivity contribution in [2.75, 3.05) is 25.6 Å². The maximum atomic E-state index is 6.14. The van der Waals surface area contributed by atoms with Gasteiger partial charge in [-0.1, -0.05) is 23.4 Å². The molecule has 0 unspecified atom stereocenters. The summed E-state index contributed by atoms with van der Waals surface area (Å²) in [5, 5.41) is 4.12. The fourth-order valence-electron chi connectivity index (χ4n) is 1.86. The van der Waals surface area contributed by atoms with Crippen LogP contribution in [0.3, 0.4) is 0 Å². The second-order valence-corrected chi connectivity index (χ2v) is 5.83. The van der Waals surface area contributed by atoms with Crippen LogP contribution in [0.1, 0.15) is 6.42 Å². The van der Waals surface area contributed by atoms with Crippen LogP contribution in [0, 0.1) is 0 Å². The van der Waals surface area contributed by atoms with Crippen molar-refractivity contribution in [1.29, 1.82) is 0 Å². The molecule has 1 aliphatic rings. The topological polar surface area (TPSA) is 56.3 Å². The maximum absolute atomic E-state index is 6.14. The zero-order valence-corrected chi connectivity index (χ0v) is 13.0. The Morgan fingerprint density at radius 1 is 1.24 bits per heavy atom. The third-order valence-electron chi connectivity index (χ3n) is 2.87. The smallest absolute Gasteiger partial charge is 0.223 e. The van der Waals surface area contributed by atoms with Crippen molar-refractivity contribution in [3.8, 4) is 11.5 Å². The molecule has 0 radical (unpaired) electrons. The standard InChI is InChI=1S/C14H14ClN3O2S/c1-16-14-17-8-10(15)13(18-14)21-9-3-4-11-12(7-9)20-6-2-5-19-11/h3-4,7-8H,2,5-6H2,1H3,(H,16,17,18). The van der Waals surface area contributed by atoms with Gasteiger partial charge in [0, 0.05) is 18.4 Å². The number of fused-ring (bicyclic) bond motifs is 1. The van der Waals surface area contributed by atoms with E-state index in [1.165, 1.54) is 11.8 Å². The number of aromatic nitrogens is 2. The lowest BCUT2D eigenvalue weighted by Crippen LogP contribution is -1.97. The molecule has 0 spiro atoms. The highest BCUT2D eigenvalue weighted by atomic mass is 35.5. The number of rotatable bonds is 3. The Kier molecular flexibility index (Phi) is 4.36. The molecule has 3 rings (SSSR count). The van der Waals surface area contributed by atoms with E-state index in [0.717, 1.165) is 22.8 Å². The monoisotopic (exact) mass is 323 g/mol. The number of benzene rings is 1. The van der Waals surface area contributed by atoms with Gasteiger partial charge in [-0.25, -0.2) is 9.97 Å². The fraction of sp³-hybridized carbons (Fsp3) is 0.286. The van der Waals surface area contributed by atoms with E-state index >= 15 is 0 Å². The van der Waals surface area contributed by atoms with Crippen molar-refractivity contribution >= 4 is 29.3 Å². The number of anilines is 1. The van der Waals surface area contributed by atoms with Gasteiger partial charge in [0.05, 0.1) is 24.4 Å². The van der Waals surface area contributed by atoms with E-state index in [4.69, 9.17) is 21.1 Å². The first-order chi connectivity index (χ1) is 10.3. The number of nitrogens with one attached hydrogen (secondary N) is 1. The van der Waals surface area contributed by atoms with Gasteiger partial charge in [-0.2, -0.15) is 0 Å². The van der Waals surface area contributed by atoms with Crippen LogP contribution in [0.15, 0.2) is 34.3 Å². The van der Waals surface area contributed by atoms with Gasteiger partial charge in [0.25, 0.3) is 0 Å². The molecular formula is C14H14ClN3O2S. The summed E-state index contributed by atoms with van der Waals surface area (Å²) in [6.45, 7) is 1.35. The first-order valence-corrected chi connectivity index (χ1v) is 7.73. The van der Waals surface area contributed by atoms with Gasteiger partial charge in [0.1, 0.15) is 5.03 Å². The molecule has 0 saturated carbocycles. The molecule has 1 aliphatic heterocycles. The fourth-order valence-corrected chi connectivity index (χ4v) is 2.88. The molecule has 2 heterocycles. The van der Waals surface area contributed by atoms with Crippen LogP contribution in [0.5, 0.6) is 11.5 Å². The minimum atomic E-state index is 0.520. The average molecular weight is 324 g/mol. The van der Waals surface area contributed by atoms with E-state index in [-0.39, 0.29) is 0 Å². The molecule has 0 amide bonds. The number of hydrogen-bond donors (Lipinski definition) is 1. The summed E-state index contributed by atoms with van der Waals surface area (Å²) < 4.78 is 11.3. The second-order valence-electron chi connectivity index (χ2n) is 4.36. The quantitative estimate of drug-likeness (QED) is 0.873. The third kappa shape index (κ3) is 3.33. The van der Waals surface area contributed by atoms with Gasteiger partial charge in [-0.05, 0) is 18.2 Å². The van der Waals surface area contributed by atoms with E-state index in [1.54, 1.807) is 13.2 Å². The first kappa shape index (κ1) is 14.3. The Morgan fingerprint density at radius 3 is 2.86 bits per heavy atom. The highest BCUT2D eigenvalue weighted by Gasteiger charge is 2.13. The van der Waals surface area contributed by atoms with Crippen molar-refractivity contribution in [2.45, 2.75) is 16.3 Å². The highest BCUT2D eigenvalue weighted by molar-refractivity contribution is 7.99. The van der Waals surface area contributed by atoms with Gasteiger partial charge in [-0.15, -0.1) is 0 Å². The molecule has 110 valence electrons. The minimum Gasteiger partial charge on any atom is -0.490 e. The summed E-state index contributed by atoms with van der Waals surface area (Å²) in [4.78, 5) is 9.41. The summed E-state index contributed by atoms with van der Waals surface area (Å²) in [6, 6.07) is 5.83. The van der Waals surface area contributed by atoms with Crippen LogP contribution in [-0.4, -0.2) is 30.2 Å². The van der Waals surface area contributed by atoms with E-state index < -0.39 is 0 Å². The maximum Gasteiger partial charge on any atom is 0.223 e. The lowest BCUT2D eigenvalue weighted by molar-refractivity contribution is 0.297. The number of hydrogen-bond acceptors (Lipinski definition) is 6. The number of nitrogens with zero attached hydrogens (tertiary/aromatic N) is 2. The first-order valence-electron chi connectivity index (χ1n) is 6.54. The normalized spacial score (nSPS) is 13.6. The summed E-state index contributed by atoms with van der Waals surface area (Å²) in [7, 11) is 1.77. The molecule has 0 fully saturated rings. The molecule has 1 N–H and O–H groups in total. The van der Waals surface area contributed by atoms with Gasteiger partial charge in [0.2, 0.25) is 5.95 Å². The molecule has 0 atom stereocenters. The number of ether oxygens (including phenoxy) is 2. The molecule has 1 aromatic carbocycles. The summed E-state index contributed by atoms with van der Waals surface area (Å²) >= 11 is 7.61. The molecular weight excluding hydrogens is 310 g/mol. The van der Waals surface area contributed by atoms with Gasteiger partial charge in [-0.3, -0.25) is 0 Å². The van der Waals surface area contributed by atoms with Crippen LogP contribution in [0.4, 0.5) is 5.95 Å². The van der Waals surface area contributed by atoms with Gasteiger partial charge < -0.3 is 14.8 Å². The molecule has 7 heteroatoms. The highest BCUT2D eigenvalue weighted by Crippen LogP contribution is 2.38. The van der Waals surface area contributed by atoms with E-state index in [1.807, 2.05) is 18.2 Å². The minimum absolute atomic E-state index is 0.520. The molecule has 5 nitrogen and oxygen atoms in total. The SMILES string of the molecule is CNc1ncc(Cl)c(Sc2ccc3c(c2)OCCCO3)n1. The predicted octanol–water partition coefficient (Wildman–Crippen LogP) is 3.48. The Labute approximate surface area is 132 Å². The summed E-state index contributed by atoms with van der Waals surface area (Å²) in [5.74, 6) is 2.08. The van der Waals surface area contributed by atoms with E-state index in [0.29, 0.717) is 29.2 Å². The molecule has 0 saturated heterocycles. The van der Waals surface area contributed by atoms with Crippen molar-refractivity contribution in [1.82, 2.24) is 9.97 Å². The zero-order valence-electron chi connectivity index (χ0n) is 11.4. The zero-order chi connectivity index (χ0) is 14.7. The largest absolute Gasteiger partial charge is 0.490 e. The van der Waals surface area contributed by atoms with Crippen LogP contribution < -0.4 is 14.8 Å². The average Bonchev–Trinajstić information content (AvgIpc) is 2.74. The van der Waals surface area contributed by atoms with Crippen LogP contribution in [-0.2, 0) is 0 Å². The van der Waals surface area contributed by atoms with Crippen LogP contribution in [0.2, 0.25) is 5.02 Å². The Hall–Kier alpha value is -1.66. The van der Waals surface area contributed by atoms with Crippen LogP contribution in [0.25, 0.3) is 0 Å². The van der Waals surface area contributed by atoms with Gasteiger partial charge in [0.15, 0.2) is 11.5 Å². The van der Waals surface area contributed by atoms with Crippen molar-refractivity contribution in [3.05, 3.63) is 29.4 Å². The van der Waals surface area contributed by atoms with Crippen molar-refractivity contribution < 1.29 is 9.47 Å². The summed E-state index contributed by atoms with van der Waals surface area (Å²) in [6.07, 6.45) is 2.48. The summed E-state index contributed by atoms with van der Waals surface area (Å²) in [5.41, 5.74) is 0. The van der Waals surface area contributed by atoms with Crippen LogP contribution >= 0.6 is 23.4 Å². The Morgan fingerprint density at radius 2 is 2.05 bits per heavy atom. The van der Waals surface area contributed by atoms with Crippen molar-refractivity contribution in [3.63, 3.8) is 0 Å². The second kappa shape index (κ2) is 6.41. The lowest BCUT2D eigenvalue weighted by Gasteiger charge is -2.09. The third-order valence-corrected chi connectivity index (χ3v) is 4.25. The molecule has 0 bridgehead atoms. The van der Waals surface area contributed by atoms with E-state index in [9.17, 15) is 0 Å². The molecule has 21 heavy (non-hydrogen) atoms. The predicted molar refractivity (Wildman–Crippen MR) is 82.8 cm³/mol. The molecule has 2 aromatic rings. The molecule has 1 aromatic heterocycles. The molecule has 0 aliphatic carbocycles.